The number of unbranched alkanes of at least 4 members (excludes halogenated alkanes) is 5. The van der Waals surface area contributed by atoms with Gasteiger partial charge in [0, 0.05) is 35.7 Å². The normalized spacial score (nSPS) is 25.3. The molecule has 130 heavy (non-hydrogen) atoms. The predicted molar refractivity (Wildman–Crippen MR) is 461 cm³/mol. The van der Waals surface area contributed by atoms with E-state index in [2.05, 4.69) is 54.8 Å². The van der Waals surface area contributed by atoms with Gasteiger partial charge in [-0.1, -0.05) is 137 Å². The molecule has 0 aromatic heterocycles. The van der Waals surface area contributed by atoms with Crippen LogP contribution in [0.25, 0.3) is 11.1 Å². The summed E-state index contributed by atoms with van der Waals surface area (Å²) in [6, 6.07) is 13.7. The van der Waals surface area contributed by atoms with Crippen molar-refractivity contribution in [2.24, 2.45) is 11.7 Å². The van der Waals surface area contributed by atoms with Gasteiger partial charge in [-0.2, -0.15) is 0 Å². The summed E-state index contributed by atoms with van der Waals surface area (Å²) >= 11 is 14.4. The van der Waals surface area contributed by atoms with Crippen LogP contribution >= 0.6 is 23.2 Å². The minimum absolute atomic E-state index is 0.121. The van der Waals surface area contributed by atoms with E-state index in [1.807, 2.05) is 24.3 Å². The Kier molecular flexibility index (Phi) is 32.1. The first kappa shape index (κ1) is 96.9. The molecular weight excluding hydrogens is 1740 g/mol. The van der Waals surface area contributed by atoms with Crippen LogP contribution in [-0.2, 0) is 75.2 Å². The second-order valence-corrected chi connectivity index (χ2v) is 33.8. The molecule has 7 aromatic carbocycles. The van der Waals surface area contributed by atoms with E-state index >= 15 is 24.0 Å². The molecule has 0 radical (unpaired) electrons. The Morgan fingerprint density at radius 2 is 1.30 bits per heavy atom. The summed E-state index contributed by atoms with van der Waals surface area (Å²) < 4.78 is 50.7. The first-order valence-electron chi connectivity index (χ1n) is 42.2. The number of phenolic OH excluding ortho intramolecular Hbond substituents is 3. The van der Waals surface area contributed by atoms with E-state index in [4.69, 9.17) is 66.8 Å². The van der Waals surface area contributed by atoms with E-state index < -0.39 is 272 Å². The number of hydrogen-bond acceptors (Lipinski definition) is 28. The molecule has 0 saturated carbocycles. The molecule has 7 aliphatic rings. The molecule has 38 nitrogen and oxygen atoms in total. The Morgan fingerprint density at radius 1 is 0.662 bits per heavy atom. The van der Waals surface area contributed by atoms with Crippen molar-refractivity contribution in [2.45, 2.75) is 215 Å². The Hall–Kier alpha value is -12.2. The Labute approximate surface area is 755 Å². The van der Waals surface area contributed by atoms with Crippen LogP contribution in [0.5, 0.6) is 51.7 Å². The molecule has 18 atom stereocenters. The molecular formula is C90H104Cl2N10O28. The van der Waals surface area contributed by atoms with Crippen molar-refractivity contribution in [2.75, 3.05) is 19.8 Å². The fraction of sp³-hybridized carbons (Fsp3) is 0.422. The number of carboxylic acid groups (broad SMARTS) is 1. The molecule has 7 aliphatic heterocycles. The lowest BCUT2D eigenvalue weighted by Crippen LogP contribution is -2.66. The van der Waals surface area contributed by atoms with Crippen LogP contribution in [-0.4, -0.2) is 209 Å². The minimum atomic E-state index is -2.44. The van der Waals surface area contributed by atoms with Gasteiger partial charge in [-0.25, -0.2) is 9.59 Å². The molecule has 11 bridgehead atoms. The number of amides is 9. The summed E-state index contributed by atoms with van der Waals surface area (Å²) in [5.41, 5.74) is 2.46. The number of benzene rings is 7. The van der Waals surface area contributed by atoms with Gasteiger partial charge in [-0.05, 0) is 133 Å². The standard InChI is InChI=1S/C90H104Cl2N10O28/c1-6-7-8-9-10-14-27-123-51-22-17-44(18-23-51)38-94-39-66(108)102-90(5)37-67(125-43(4)80(90)113)129-79-77(112)76(111)64(40-103)128-88(79)130-78-62-32-49-33-63(78)127-61-26-21-48(31-55(61)92)75(110)73-86(119)99-71(87(120)121)53-34-50(104)35-59(106)68(53)52-29-46(19-24-58(52)105)69(83(116)101-73)98-84(117)70(49)97-82(115)57(36-65(93)107)95-85(118)72(74(109)47-20-25-60(126-62)54(91)30-47)100-81(114)56(28-42(2)3)96-89(122)124-41-45-15-12-11-13-16-45/h11-13,15-26,29-35,42-43,56-57,64,67,69-77,79-80,88,94,103-106,109-113H,6-10,14,27-28,36-41H2,1-5H3,(H2,93,107)(H,95,118)(H,96,122)(H,97,115)(H,98,117)(H,99,119)(H,100,114)(H,101,116)(H,102,108)(H,120,121)/t43-,56-,57-,64+,67-,69?,70+,71-,72+,73-,74+,75+,76+,77-,79?,80+,88?,90-/m0/s1. The molecule has 9 amide bonds. The monoisotopic (exact) mass is 1840 g/mol. The largest absolute Gasteiger partial charge is 0.508 e. The third-order valence-corrected chi connectivity index (χ3v) is 23.2. The average Bonchev–Trinajstić information content (AvgIpc) is 0.756. The smallest absolute Gasteiger partial charge is 0.408 e. The summed E-state index contributed by atoms with van der Waals surface area (Å²) in [5, 5.41) is 139. The lowest BCUT2D eigenvalue weighted by atomic mass is 9.85. The number of hydrogen-bond donors (Lipinski definition) is 20. The van der Waals surface area contributed by atoms with Crippen molar-refractivity contribution in [1.82, 2.24) is 47.9 Å². The average molecular weight is 1840 g/mol. The number of aliphatic hydroxyl groups excluding tert-OH is 6. The number of carbonyl (C=O) groups excluding carboxylic acids is 9. The highest BCUT2D eigenvalue weighted by atomic mass is 35.5. The zero-order valence-electron chi connectivity index (χ0n) is 71.1. The third kappa shape index (κ3) is 23.5. The van der Waals surface area contributed by atoms with E-state index in [0.29, 0.717) is 17.9 Å². The predicted octanol–water partition coefficient (Wildman–Crippen LogP) is 5.50. The molecule has 7 aromatic rings. The number of aliphatic carboxylic acids is 1. The number of nitrogens with two attached hydrogens (primary N) is 1. The first-order valence-corrected chi connectivity index (χ1v) is 42.9. The SMILES string of the molecule is CCCCCCCCOc1ccc(CNCC(=O)N[C@@]2(C)C[C@H](OC3C(Oc4c5cc6cc4Oc4ccc(cc4Cl)[C@@H](O)[C@@H](NC(=O)[C@H](CC(C)C)NC(=O)OCc4ccccc4)C(=O)N[C@@H](CC(N)=O)C(=O)N[C@H]6C(=O)NC4C(=O)N[C@H](C(=O)N[C@H](C(=O)O)c6cc(O)cc(O)c6-c6cc4ccc6O)[C@H](O)c4ccc(c(Cl)c4)O5)O[C@H](CO)[C@@H](O)[C@@H]3O)O[C@@H](C)[C@H]2O)cc1. The maximum atomic E-state index is 16.3. The fourth-order valence-corrected chi connectivity index (χ4v) is 16.3. The van der Waals surface area contributed by atoms with Gasteiger partial charge in [-0.3, -0.25) is 38.4 Å². The molecule has 21 N–H and O–H groups in total. The van der Waals surface area contributed by atoms with E-state index in [1.54, 1.807) is 44.2 Å². The second kappa shape index (κ2) is 43.0. The van der Waals surface area contributed by atoms with Crippen LogP contribution in [0.2, 0.25) is 10.0 Å². The van der Waals surface area contributed by atoms with Crippen LogP contribution in [0.1, 0.15) is 162 Å². The van der Waals surface area contributed by atoms with E-state index in [-0.39, 0.29) is 43.2 Å². The van der Waals surface area contributed by atoms with Gasteiger partial charge in [0.1, 0.15) is 114 Å². The van der Waals surface area contributed by atoms with Gasteiger partial charge in [-0.15, -0.1) is 0 Å². The maximum absolute atomic E-state index is 16.3. The van der Waals surface area contributed by atoms with Gasteiger partial charge in [0.25, 0.3) is 0 Å². The summed E-state index contributed by atoms with van der Waals surface area (Å²) in [7, 11) is 0. The molecule has 2 saturated heterocycles. The molecule has 696 valence electrons. The number of ether oxygens (including phenoxy) is 8. The van der Waals surface area contributed by atoms with Crippen LogP contribution in [0.15, 0.2) is 133 Å². The van der Waals surface area contributed by atoms with Gasteiger partial charge < -0.3 is 143 Å². The van der Waals surface area contributed by atoms with Crippen molar-refractivity contribution in [3.05, 3.63) is 182 Å². The molecule has 0 spiro atoms. The number of rotatable bonds is 28. The molecule has 2 fully saturated rings. The zero-order valence-corrected chi connectivity index (χ0v) is 72.7. The highest BCUT2D eigenvalue weighted by molar-refractivity contribution is 6.32. The number of phenols is 3. The lowest BCUT2D eigenvalue weighted by Gasteiger charge is -2.48. The van der Waals surface area contributed by atoms with Gasteiger partial charge in [0.15, 0.2) is 29.9 Å². The van der Waals surface area contributed by atoms with Crippen molar-refractivity contribution >= 4 is 82.5 Å². The summed E-state index contributed by atoms with van der Waals surface area (Å²) in [6.07, 6.45) is -14.9. The van der Waals surface area contributed by atoms with Crippen molar-refractivity contribution in [3.8, 4) is 62.9 Å². The van der Waals surface area contributed by atoms with E-state index in [9.17, 15) is 75.0 Å². The highest BCUT2D eigenvalue weighted by Gasteiger charge is 2.53. The summed E-state index contributed by atoms with van der Waals surface area (Å²) in [5.74, 6) is -17.3. The van der Waals surface area contributed by atoms with Gasteiger partial charge in [0.05, 0.1) is 47.9 Å². The van der Waals surface area contributed by atoms with Crippen LogP contribution in [0.3, 0.4) is 0 Å². The zero-order chi connectivity index (χ0) is 93.7. The number of carboxylic acids is 1. The molecule has 40 heteroatoms. The topological polar surface area (TPSA) is 581 Å². The molecule has 7 heterocycles. The maximum Gasteiger partial charge on any atom is 0.408 e. The fourth-order valence-electron chi connectivity index (χ4n) is 15.8. The Bertz CT molecular complexity index is 5310. The van der Waals surface area contributed by atoms with Gasteiger partial charge in [0.2, 0.25) is 59.3 Å². The number of aliphatic hydroxyl groups is 6. The Morgan fingerprint density at radius 3 is 1.95 bits per heavy atom. The van der Waals surface area contributed by atoms with E-state index in [0.717, 1.165) is 110 Å². The van der Waals surface area contributed by atoms with E-state index in [1.165, 1.54) is 26.7 Å². The second-order valence-electron chi connectivity index (χ2n) is 33.0. The van der Waals surface area contributed by atoms with Crippen LogP contribution in [0.4, 0.5) is 4.79 Å². The molecule has 3 unspecified atom stereocenters. The number of fused-ring (bicyclic) bond motifs is 15. The summed E-state index contributed by atoms with van der Waals surface area (Å²) in [6.45, 7) is 7.83. The van der Waals surface area contributed by atoms with Crippen molar-refractivity contribution in [1.29, 1.82) is 0 Å². The minimum Gasteiger partial charge on any atom is -0.508 e. The molecule has 0 aliphatic carbocycles. The highest BCUT2D eigenvalue weighted by Crippen LogP contribution is 2.50. The van der Waals surface area contributed by atoms with Crippen molar-refractivity contribution in [3.63, 3.8) is 0 Å². The number of aromatic hydroxyl groups is 3. The van der Waals surface area contributed by atoms with Crippen LogP contribution in [0, 0.1) is 5.92 Å². The number of nitrogens with one attached hydrogen (secondary N) is 9. The van der Waals surface area contributed by atoms with Crippen LogP contribution < -0.4 is 72.5 Å². The van der Waals surface area contributed by atoms with Crippen molar-refractivity contribution < 1.29 is 137 Å². The molecule has 14 rings (SSSR count). The summed E-state index contributed by atoms with van der Waals surface area (Å²) in [4.78, 5) is 147. The number of alkyl carbamates (subject to hydrolysis) is 1. The number of carbonyl (C=O) groups is 10. The van der Waals surface area contributed by atoms with Gasteiger partial charge >= 0.3 is 12.1 Å². The lowest BCUT2D eigenvalue weighted by molar-refractivity contribution is -0.334. The Balaban J connectivity index is 0.977. The number of halogens is 2. The first-order chi connectivity index (χ1) is 62.0. The number of primary amides is 1. The third-order valence-electron chi connectivity index (χ3n) is 22.6. The quantitative estimate of drug-likeness (QED) is 0.0269.